The van der Waals surface area contributed by atoms with Crippen molar-refractivity contribution in [2.75, 3.05) is 5.73 Å². The molecule has 2 aromatic rings. The minimum absolute atomic E-state index is 0.243. The largest absolute Gasteiger partial charge is 0.457 e. The monoisotopic (exact) mass is 305 g/mol. The van der Waals surface area contributed by atoms with Crippen LogP contribution in [0.15, 0.2) is 53.0 Å². The summed E-state index contributed by atoms with van der Waals surface area (Å²) in [5.74, 6) is -0.373. The summed E-state index contributed by atoms with van der Waals surface area (Å²) in [4.78, 5) is 11.8. The molecule has 92 valence electrons. The van der Waals surface area contributed by atoms with Crippen LogP contribution in [0.5, 0.6) is 0 Å². The van der Waals surface area contributed by atoms with Crippen LogP contribution < -0.4 is 5.73 Å². The van der Waals surface area contributed by atoms with E-state index in [9.17, 15) is 4.79 Å². The second-order valence-electron chi connectivity index (χ2n) is 3.83. The van der Waals surface area contributed by atoms with Gasteiger partial charge in [-0.05, 0) is 35.9 Å². The summed E-state index contributed by atoms with van der Waals surface area (Å²) in [7, 11) is 0. The number of nitrogens with two attached hydrogens (primary N) is 1. The Bertz CT molecular complexity index is 569. The molecule has 2 N–H and O–H groups in total. The number of hydrogen-bond donors (Lipinski definition) is 1. The highest BCUT2D eigenvalue weighted by Crippen LogP contribution is 2.14. The molecule has 0 spiro atoms. The van der Waals surface area contributed by atoms with Crippen LogP contribution in [0.25, 0.3) is 0 Å². The number of esters is 1. The predicted octanol–water partition coefficient (Wildman–Crippen LogP) is 3.39. The Labute approximate surface area is 114 Å². The lowest BCUT2D eigenvalue weighted by Gasteiger charge is -2.05. The van der Waals surface area contributed by atoms with Gasteiger partial charge in [0.1, 0.15) is 6.61 Å². The zero-order valence-corrected chi connectivity index (χ0v) is 11.2. The molecule has 0 aromatic heterocycles. The molecule has 0 unspecified atom stereocenters. The molecule has 2 rings (SSSR count). The molecule has 0 amide bonds. The van der Waals surface area contributed by atoms with Crippen LogP contribution >= 0.6 is 15.9 Å². The normalized spacial score (nSPS) is 10.1. The lowest BCUT2D eigenvalue weighted by Crippen LogP contribution is -2.05. The van der Waals surface area contributed by atoms with Gasteiger partial charge in [-0.1, -0.05) is 34.1 Å². The summed E-state index contributed by atoms with van der Waals surface area (Å²) < 4.78 is 6.17. The van der Waals surface area contributed by atoms with Crippen molar-refractivity contribution in [2.24, 2.45) is 0 Å². The summed E-state index contributed by atoms with van der Waals surface area (Å²) in [5.41, 5.74) is 7.55. The Hall–Kier alpha value is -1.81. The van der Waals surface area contributed by atoms with E-state index in [1.54, 1.807) is 24.3 Å². The van der Waals surface area contributed by atoms with E-state index in [0.29, 0.717) is 11.3 Å². The summed E-state index contributed by atoms with van der Waals surface area (Å²) in [6.07, 6.45) is 0. The van der Waals surface area contributed by atoms with Gasteiger partial charge in [-0.25, -0.2) is 4.79 Å². The SMILES string of the molecule is Nc1cccc(C(=O)OCc2cccc(Br)c2)c1. The Balaban J connectivity index is 2.00. The first-order valence-corrected chi connectivity index (χ1v) is 6.21. The van der Waals surface area contributed by atoms with Crippen LogP contribution in [-0.2, 0) is 11.3 Å². The average Bonchev–Trinajstić information content (AvgIpc) is 2.36. The minimum Gasteiger partial charge on any atom is -0.457 e. The third-order valence-electron chi connectivity index (χ3n) is 2.38. The molecule has 18 heavy (non-hydrogen) atoms. The van der Waals surface area contributed by atoms with E-state index in [4.69, 9.17) is 10.5 Å². The highest BCUT2D eigenvalue weighted by atomic mass is 79.9. The lowest BCUT2D eigenvalue weighted by atomic mass is 10.2. The number of hydrogen-bond acceptors (Lipinski definition) is 3. The van der Waals surface area contributed by atoms with Crippen molar-refractivity contribution >= 4 is 27.6 Å². The predicted molar refractivity (Wildman–Crippen MR) is 74.1 cm³/mol. The molecule has 0 aliphatic rings. The number of rotatable bonds is 3. The van der Waals surface area contributed by atoms with Crippen molar-refractivity contribution in [3.8, 4) is 0 Å². The summed E-state index contributed by atoms with van der Waals surface area (Å²) in [5, 5.41) is 0. The third-order valence-corrected chi connectivity index (χ3v) is 2.87. The van der Waals surface area contributed by atoms with Crippen molar-refractivity contribution in [3.63, 3.8) is 0 Å². The van der Waals surface area contributed by atoms with Gasteiger partial charge in [0.25, 0.3) is 0 Å². The van der Waals surface area contributed by atoms with E-state index in [1.165, 1.54) is 0 Å². The third kappa shape index (κ3) is 3.34. The van der Waals surface area contributed by atoms with E-state index in [-0.39, 0.29) is 12.6 Å². The Morgan fingerprint density at radius 1 is 1.17 bits per heavy atom. The van der Waals surface area contributed by atoms with Crippen molar-refractivity contribution in [1.82, 2.24) is 0 Å². The first kappa shape index (κ1) is 12.6. The van der Waals surface area contributed by atoms with Gasteiger partial charge >= 0.3 is 5.97 Å². The lowest BCUT2D eigenvalue weighted by molar-refractivity contribution is 0.0472. The molecule has 0 bridgehead atoms. The van der Waals surface area contributed by atoms with Gasteiger partial charge in [-0.3, -0.25) is 0 Å². The van der Waals surface area contributed by atoms with Gasteiger partial charge in [0.05, 0.1) is 5.56 Å². The molecule has 0 saturated carbocycles. The highest BCUT2D eigenvalue weighted by Gasteiger charge is 2.07. The number of benzene rings is 2. The Morgan fingerprint density at radius 2 is 1.94 bits per heavy atom. The fraction of sp³-hybridized carbons (Fsp3) is 0.0714. The number of carbonyl (C=O) groups excluding carboxylic acids is 1. The van der Waals surface area contributed by atoms with E-state index < -0.39 is 0 Å². The van der Waals surface area contributed by atoms with Gasteiger partial charge in [0.15, 0.2) is 0 Å². The van der Waals surface area contributed by atoms with Gasteiger partial charge < -0.3 is 10.5 Å². The fourth-order valence-electron chi connectivity index (χ4n) is 1.52. The van der Waals surface area contributed by atoms with Gasteiger partial charge in [-0.2, -0.15) is 0 Å². The number of ether oxygens (including phenoxy) is 1. The fourth-order valence-corrected chi connectivity index (χ4v) is 1.97. The molecule has 0 aliphatic heterocycles. The van der Waals surface area contributed by atoms with E-state index in [0.717, 1.165) is 10.0 Å². The maximum absolute atomic E-state index is 11.8. The van der Waals surface area contributed by atoms with E-state index in [1.807, 2.05) is 24.3 Å². The molecule has 0 radical (unpaired) electrons. The first-order chi connectivity index (χ1) is 8.65. The van der Waals surface area contributed by atoms with E-state index >= 15 is 0 Å². The quantitative estimate of drug-likeness (QED) is 0.698. The molecule has 0 saturated heterocycles. The van der Waals surface area contributed by atoms with Crippen LogP contribution in [0.2, 0.25) is 0 Å². The zero-order chi connectivity index (χ0) is 13.0. The van der Waals surface area contributed by atoms with Crippen molar-refractivity contribution in [2.45, 2.75) is 6.61 Å². The van der Waals surface area contributed by atoms with Crippen molar-refractivity contribution < 1.29 is 9.53 Å². The maximum Gasteiger partial charge on any atom is 0.338 e. The molecule has 4 heteroatoms. The molecule has 2 aromatic carbocycles. The standard InChI is InChI=1S/C14H12BrNO2/c15-12-5-1-3-10(7-12)9-18-14(17)11-4-2-6-13(16)8-11/h1-8H,9,16H2. The Kier molecular flexibility index (Phi) is 3.99. The van der Waals surface area contributed by atoms with Gasteiger partial charge in [-0.15, -0.1) is 0 Å². The molecule has 0 fully saturated rings. The Morgan fingerprint density at radius 3 is 2.67 bits per heavy atom. The molecule has 0 heterocycles. The molecule has 0 atom stereocenters. The maximum atomic E-state index is 11.8. The second-order valence-corrected chi connectivity index (χ2v) is 4.75. The zero-order valence-electron chi connectivity index (χ0n) is 9.60. The number of nitrogen functional groups attached to an aromatic ring is 1. The van der Waals surface area contributed by atoms with Crippen molar-refractivity contribution in [3.05, 3.63) is 64.1 Å². The minimum atomic E-state index is -0.373. The van der Waals surface area contributed by atoms with Gasteiger partial charge in [0.2, 0.25) is 0 Å². The van der Waals surface area contributed by atoms with Crippen LogP contribution in [0.1, 0.15) is 15.9 Å². The van der Waals surface area contributed by atoms with Crippen LogP contribution in [0.3, 0.4) is 0 Å². The highest BCUT2D eigenvalue weighted by molar-refractivity contribution is 9.10. The summed E-state index contributed by atoms with van der Waals surface area (Å²) in [6.45, 7) is 0.243. The molecular formula is C14H12BrNO2. The number of halogens is 1. The molecule has 0 aliphatic carbocycles. The van der Waals surface area contributed by atoms with Crippen molar-refractivity contribution in [1.29, 1.82) is 0 Å². The molecule has 3 nitrogen and oxygen atoms in total. The smallest absolute Gasteiger partial charge is 0.338 e. The van der Waals surface area contributed by atoms with Crippen LogP contribution in [-0.4, -0.2) is 5.97 Å². The van der Waals surface area contributed by atoms with Gasteiger partial charge in [0, 0.05) is 10.2 Å². The first-order valence-electron chi connectivity index (χ1n) is 5.42. The average molecular weight is 306 g/mol. The molecular weight excluding hydrogens is 294 g/mol. The number of carbonyl (C=O) groups is 1. The van der Waals surface area contributed by atoms with E-state index in [2.05, 4.69) is 15.9 Å². The van der Waals surface area contributed by atoms with Crippen LogP contribution in [0, 0.1) is 0 Å². The second kappa shape index (κ2) is 5.69. The topological polar surface area (TPSA) is 52.3 Å². The summed E-state index contributed by atoms with van der Waals surface area (Å²) >= 11 is 3.37. The summed E-state index contributed by atoms with van der Waals surface area (Å²) in [6, 6.07) is 14.4. The number of anilines is 1. The van der Waals surface area contributed by atoms with Crippen LogP contribution in [0.4, 0.5) is 5.69 Å².